The van der Waals surface area contributed by atoms with Crippen molar-refractivity contribution in [1.29, 1.82) is 0 Å². The van der Waals surface area contributed by atoms with Crippen LogP contribution in [-0.2, 0) is 17.8 Å². The molecule has 0 saturated heterocycles. The van der Waals surface area contributed by atoms with Gasteiger partial charge >= 0.3 is 5.97 Å². The second-order valence-corrected chi connectivity index (χ2v) is 9.72. The van der Waals surface area contributed by atoms with E-state index in [1.807, 2.05) is 6.92 Å². The normalized spacial score (nSPS) is 23.0. The molecule has 1 aromatic heterocycles. The van der Waals surface area contributed by atoms with Crippen LogP contribution in [-0.4, -0.2) is 37.5 Å². The molecule has 1 saturated carbocycles. The highest BCUT2D eigenvalue weighted by Crippen LogP contribution is 2.32. The van der Waals surface area contributed by atoms with E-state index in [1.165, 1.54) is 0 Å². The van der Waals surface area contributed by atoms with Gasteiger partial charge in [-0.25, -0.2) is 0 Å². The number of aliphatic carboxylic acids is 1. The van der Waals surface area contributed by atoms with E-state index in [-0.39, 0.29) is 36.0 Å². The second kappa shape index (κ2) is 9.00. The number of carboxylic acids is 1. The van der Waals surface area contributed by atoms with Crippen LogP contribution in [0.15, 0.2) is 23.0 Å². The Morgan fingerprint density at radius 1 is 1.16 bits per heavy atom. The highest BCUT2D eigenvalue weighted by atomic mass is 35.5. The van der Waals surface area contributed by atoms with Crippen molar-refractivity contribution >= 4 is 47.3 Å². The Morgan fingerprint density at radius 3 is 2.47 bits per heavy atom. The molecule has 2 aromatic rings. The fourth-order valence-corrected chi connectivity index (χ4v) is 5.34. The number of nitrogens with one attached hydrogen (secondary N) is 1. The molecule has 2 N–H and O–H groups in total. The van der Waals surface area contributed by atoms with Crippen molar-refractivity contribution in [3.05, 3.63) is 60.2 Å². The quantitative estimate of drug-likeness (QED) is 0.605. The fourth-order valence-electron chi connectivity index (χ4n) is 4.69. The first-order valence-electron chi connectivity index (χ1n) is 10.5. The molecule has 170 valence electrons. The van der Waals surface area contributed by atoms with Gasteiger partial charge in [0.2, 0.25) is 0 Å². The number of carbonyl (C=O) groups excluding carboxylic acids is 1. The summed E-state index contributed by atoms with van der Waals surface area (Å²) in [5.41, 5.74) is 1.56. The molecule has 32 heavy (non-hydrogen) atoms. The number of H-pyrrole nitrogens is 1. The van der Waals surface area contributed by atoms with Crippen LogP contribution in [0.3, 0.4) is 0 Å². The second-order valence-electron chi connectivity index (χ2n) is 8.52. The molecule has 1 amide bonds. The summed E-state index contributed by atoms with van der Waals surface area (Å²) in [6.45, 7) is 2.14. The smallest absolute Gasteiger partial charge is 0.306 e. The van der Waals surface area contributed by atoms with E-state index in [9.17, 15) is 19.5 Å². The minimum absolute atomic E-state index is 0.113. The first-order chi connectivity index (χ1) is 15.2. The first-order valence-corrected chi connectivity index (χ1v) is 11.7. The Morgan fingerprint density at radius 2 is 1.84 bits per heavy atom. The third-order valence-corrected chi connectivity index (χ3v) is 7.55. The summed E-state index contributed by atoms with van der Waals surface area (Å²) in [6, 6.07) is 4.45. The molecule has 0 unspecified atom stereocenters. The lowest BCUT2D eigenvalue weighted by molar-refractivity contribution is -0.143. The molecule has 7 nitrogen and oxygen atoms in total. The van der Waals surface area contributed by atoms with E-state index in [0.29, 0.717) is 63.7 Å². The van der Waals surface area contributed by atoms with Gasteiger partial charge in [0.05, 0.1) is 22.5 Å². The van der Waals surface area contributed by atoms with Crippen LogP contribution in [0.25, 0.3) is 0 Å². The van der Waals surface area contributed by atoms with Crippen LogP contribution in [0, 0.1) is 10.7 Å². The number of aromatic nitrogens is 2. The van der Waals surface area contributed by atoms with Crippen molar-refractivity contribution < 1.29 is 14.7 Å². The summed E-state index contributed by atoms with van der Waals surface area (Å²) in [5, 5.41) is 9.92. The maximum atomic E-state index is 13.3. The molecule has 2 heterocycles. The fraction of sp³-hybridized carbons (Fsp3) is 0.455. The minimum Gasteiger partial charge on any atom is -0.481 e. The number of nitrogens with zero attached hydrogens (tertiary/aromatic N) is 2. The van der Waals surface area contributed by atoms with Crippen LogP contribution in [0.4, 0.5) is 0 Å². The zero-order chi connectivity index (χ0) is 23.2. The van der Waals surface area contributed by atoms with Gasteiger partial charge in [0.25, 0.3) is 11.5 Å². The third kappa shape index (κ3) is 4.23. The number of hydrogen-bond acceptors (Lipinski definition) is 4. The monoisotopic (exact) mass is 495 g/mol. The van der Waals surface area contributed by atoms with E-state index in [2.05, 4.69) is 4.98 Å². The molecular formula is C22H23Cl2N3O4S. The lowest BCUT2D eigenvalue weighted by Gasteiger charge is -2.35. The largest absolute Gasteiger partial charge is 0.481 e. The van der Waals surface area contributed by atoms with Crippen molar-refractivity contribution in [2.75, 3.05) is 0 Å². The molecule has 2 aliphatic rings. The standard InChI is InChI=1S/C22H23Cl2N3O4S/c1-11-8-15-18(10-26(11)19(28)13-4-7-16(23)17(24)9-13)25-22(32)27(20(15)29)14-5-2-12(3-6-14)21(30)31/h4,7,9,11-12,14H,2-3,5-6,8,10H2,1H3,(H,25,32)(H,30,31)/t11-,12?,14?/m1/s1. The lowest BCUT2D eigenvalue weighted by atomic mass is 9.86. The number of fused-ring (bicyclic) bond motifs is 1. The molecule has 4 rings (SSSR count). The number of carboxylic acid groups (broad SMARTS) is 1. The van der Waals surface area contributed by atoms with Gasteiger partial charge in [-0.15, -0.1) is 0 Å². The molecule has 1 aromatic carbocycles. The van der Waals surface area contributed by atoms with Crippen molar-refractivity contribution in [1.82, 2.24) is 14.5 Å². The lowest BCUT2D eigenvalue weighted by Crippen LogP contribution is -2.46. The van der Waals surface area contributed by atoms with E-state index in [0.717, 1.165) is 0 Å². The van der Waals surface area contributed by atoms with Gasteiger partial charge in [-0.3, -0.25) is 19.0 Å². The summed E-state index contributed by atoms with van der Waals surface area (Å²) in [4.78, 5) is 42.6. The van der Waals surface area contributed by atoms with Crippen molar-refractivity contribution in [3.63, 3.8) is 0 Å². The average molecular weight is 496 g/mol. The van der Waals surface area contributed by atoms with Gasteiger partial charge in [-0.05, 0) is 69.4 Å². The van der Waals surface area contributed by atoms with Gasteiger partial charge in [0.1, 0.15) is 0 Å². The Hall–Kier alpha value is -2.16. The first kappa shape index (κ1) is 23.0. The Kier molecular flexibility index (Phi) is 6.47. The number of carbonyl (C=O) groups is 2. The molecular weight excluding hydrogens is 473 g/mol. The van der Waals surface area contributed by atoms with Crippen molar-refractivity contribution in [2.24, 2.45) is 5.92 Å². The average Bonchev–Trinajstić information content (AvgIpc) is 2.76. The number of hydrogen-bond donors (Lipinski definition) is 2. The number of rotatable bonds is 3. The van der Waals surface area contributed by atoms with Crippen LogP contribution in [0.2, 0.25) is 10.0 Å². The van der Waals surface area contributed by atoms with E-state index < -0.39 is 5.97 Å². The molecule has 10 heteroatoms. The summed E-state index contributed by atoms with van der Waals surface area (Å²) < 4.78 is 1.92. The van der Waals surface area contributed by atoms with E-state index in [1.54, 1.807) is 27.7 Å². The zero-order valence-corrected chi connectivity index (χ0v) is 19.8. The molecule has 1 atom stereocenters. The topological polar surface area (TPSA) is 95.4 Å². The van der Waals surface area contributed by atoms with E-state index >= 15 is 0 Å². The van der Waals surface area contributed by atoms with Gasteiger partial charge in [-0.1, -0.05) is 23.2 Å². The molecule has 0 spiro atoms. The van der Waals surface area contributed by atoms with Gasteiger partial charge < -0.3 is 15.0 Å². The SMILES string of the molecule is C[C@@H]1Cc2c([nH]c(=S)n(C3CCC(C(=O)O)CC3)c2=O)CN1C(=O)c1ccc(Cl)c(Cl)c1. The predicted octanol–water partition coefficient (Wildman–Crippen LogP) is 4.62. The summed E-state index contributed by atoms with van der Waals surface area (Å²) in [5.74, 6) is -1.35. The molecule has 0 radical (unpaired) electrons. The predicted molar refractivity (Wildman–Crippen MR) is 124 cm³/mol. The third-order valence-electron chi connectivity index (χ3n) is 6.52. The van der Waals surface area contributed by atoms with Crippen LogP contribution < -0.4 is 5.56 Å². The van der Waals surface area contributed by atoms with Gasteiger partial charge in [-0.2, -0.15) is 0 Å². The number of halogens is 2. The minimum atomic E-state index is -0.785. The molecule has 1 fully saturated rings. The summed E-state index contributed by atoms with van der Waals surface area (Å²) in [6.07, 6.45) is 2.66. The highest BCUT2D eigenvalue weighted by molar-refractivity contribution is 7.71. The Balaban J connectivity index is 1.61. The summed E-state index contributed by atoms with van der Waals surface area (Å²) >= 11 is 17.5. The maximum absolute atomic E-state index is 13.3. The molecule has 1 aliphatic heterocycles. The zero-order valence-electron chi connectivity index (χ0n) is 17.4. The molecule has 1 aliphatic carbocycles. The maximum Gasteiger partial charge on any atom is 0.306 e. The van der Waals surface area contributed by atoms with E-state index in [4.69, 9.17) is 35.4 Å². The van der Waals surface area contributed by atoms with Crippen LogP contribution in [0.5, 0.6) is 0 Å². The number of aromatic amines is 1. The highest BCUT2D eigenvalue weighted by Gasteiger charge is 2.33. The Bertz CT molecular complexity index is 1200. The number of benzene rings is 1. The Labute approximate surface area is 200 Å². The molecule has 0 bridgehead atoms. The number of amides is 1. The summed E-state index contributed by atoms with van der Waals surface area (Å²) in [7, 11) is 0. The van der Waals surface area contributed by atoms with Gasteiger partial charge in [0, 0.05) is 28.9 Å². The van der Waals surface area contributed by atoms with Gasteiger partial charge in [0.15, 0.2) is 4.77 Å². The van der Waals surface area contributed by atoms with Crippen molar-refractivity contribution in [2.45, 2.75) is 57.7 Å². The van der Waals surface area contributed by atoms with Crippen molar-refractivity contribution in [3.8, 4) is 0 Å². The van der Waals surface area contributed by atoms with Crippen LogP contribution in [0.1, 0.15) is 60.3 Å². The van der Waals surface area contributed by atoms with Crippen LogP contribution >= 0.6 is 35.4 Å².